The third-order valence-electron chi connectivity index (χ3n) is 1.86. The van der Waals surface area contributed by atoms with E-state index in [1.165, 1.54) is 6.33 Å². The van der Waals surface area contributed by atoms with Gasteiger partial charge < -0.3 is 11.1 Å². The molecule has 0 fully saturated rings. The zero-order chi connectivity index (χ0) is 10.7. The van der Waals surface area contributed by atoms with Crippen LogP contribution in [0.2, 0.25) is 0 Å². The minimum atomic E-state index is 0.428. The summed E-state index contributed by atoms with van der Waals surface area (Å²) in [7, 11) is 1.76. The molecule has 6 heteroatoms. The molecule has 3 N–H and O–H groups in total. The van der Waals surface area contributed by atoms with Gasteiger partial charge in [0.2, 0.25) is 5.95 Å². The molecule has 2 rings (SSSR count). The number of nitrogens with zero attached hydrogens (tertiary/aromatic N) is 4. The first-order valence-electron chi connectivity index (χ1n) is 4.37. The van der Waals surface area contributed by atoms with Crippen LogP contribution in [0.15, 0.2) is 24.8 Å². The largest absolute Gasteiger partial charge is 0.384 e. The molecule has 0 aromatic carbocycles. The third-order valence-corrected chi connectivity index (χ3v) is 1.86. The van der Waals surface area contributed by atoms with Crippen molar-refractivity contribution in [1.82, 2.24) is 19.9 Å². The molecule has 0 spiro atoms. The lowest BCUT2D eigenvalue weighted by molar-refractivity contribution is 1.13. The Labute approximate surface area is 86.6 Å². The van der Waals surface area contributed by atoms with E-state index in [1.54, 1.807) is 25.5 Å². The third kappa shape index (κ3) is 1.98. The molecule has 0 amide bonds. The van der Waals surface area contributed by atoms with Crippen LogP contribution >= 0.6 is 0 Å². The van der Waals surface area contributed by atoms with Crippen molar-refractivity contribution in [2.45, 2.75) is 0 Å². The topological polar surface area (TPSA) is 89.6 Å². The summed E-state index contributed by atoms with van der Waals surface area (Å²) in [6.45, 7) is 0. The maximum absolute atomic E-state index is 5.55. The molecule has 0 atom stereocenters. The fraction of sp³-hybridized carbons (Fsp3) is 0.111. The lowest BCUT2D eigenvalue weighted by Crippen LogP contribution is -1.97. The van der Waals surface area contributed by atoms with Crippen molar-refractivity contribution >= 4 is 11.8 Å². The summed E-state index contributed by atoms with van der Waals surface area (Å²) in [4.78, 5) is 16.0. The highest BCUT2D eigenvalue weighted by Crippen LogP contribution is 2.15. The van der Waals surface area contributed by atoms with Crippen LogP contribution in [0.1, 0.15) is 0 Å². The van der Waals surface area contributed by atoms with E-state index in [0.717, 1.165) is 5.56 Å². The molecule has 0 saturated carbocycles. The standard InChI is InChI=1S/C9H10N6/c1-11-9-12-3-6(4-13-9)7-2-8(10)15-5-14-7/h2-5H,1H3,(H2,10,14,15)(H,11,12,13). The number of anilines is 2. The summed E-state index contributed by atoms with van der Waals surface area (Å²) in [6, 6.07) is 1.68. The summed E-state index contributed by atoms with van der Waals surface area (Å²) in [5, 5.41) is 2.84. The van der Waals surface area contributed by atoms with E-state index in [-0.39, 0.29) is 0 Å². The summed E-state index contributed by atoms with van der Waals surface area (Å²) in [6.07, 6.45) is 4.78. The number of hydrogen-bond acceptors (Lipinski definition) is 6. The molecule has 0 aliphatic heterocycles. The van der Waals surface area contributed by atoms with Gasteiger partial charge in [0.1, 0.15) is 12.1 Å². The first-order valence-corrected chi connectivity index (χ1v) is 4.37. The van der Waals surface area contributed by atoms with Crippen molar-refractivity contribution in [3.8, 4) is 11.3 Å². The molecule has 0 aliphatic carbocycles. The average molecular weight is 202 g/mol. The van der Waals surface area contributed by atoms with Gasteiger partial charge in [-0.25, -0.2) is 19.9 Å². The Bertz CT molecular complexity index is 452. The Morgan fingerprint density at radius 3 is 2.47 bits per heavy atom. The Kier molecular flexibility index (Phi) is 2.40. The van der Waals surface area contributed by atoms with E-state index >= 15 is 0 Å². The second-order valence-electron chi connectivity index (χ2n) is 2.87. The first-order chi connectivity index (χ1) is 7.29. The molecule has 6 nitrogen and oxygen atoms in total. The van der Waals surface area contributed by atoms with Crippen LogP contribution in [-0.4, -0.2) is 27.0 Å². The maximum atomic E-state index is 5.55. The van der Waals surface area contributed by atoms with Crippen molar-refractivity contribution in [3.05, 3.63) is 24.8 Å². The summed E-state index contributed by atoms with van der Waals surface area (Å²) in [5.74, 6) is 0.999. The van der Waals surface area contributed by atoms with Crippen molar-refractivity contribution < 1.29 is 0 Å². The molecule has 2 aromatic heterocycles. The number of aromatic nitrogens is 4. The van der Waals surface area contributed by atoms with E-state index in [9.17, 15) is 0 Å². The average Bonchev–Trinajstić information content (AvgIpc) is 2.29. The fourth-order valence-corrected chi connectivity index (χ4v) is 1.12. The molecule has 0 saturated heterocycles. The number of nitrogens with two attached hydrogens (primary N) is 1. The summed E-state index contributed by atoms with van der Waals surface area (Å²) in [5.41, 5.74) is 7.07. The van der Waals surface area contributed by atoms with E-state index in [2.05, 4.69) is 25.3 Å². The van der Waals surface area contributed by atoms with Gasteiger partial charge in [-0.2, -0.15) is 0 Å². The van der Waals surface area contributed by atoms with Gasteiger partial charge in [0.05, 0.1) is 5.69 Å². The fourth-order valence-electron chi connectivity index (χ4n) is 1.12. The molecule has 2 heterocycles. The van der Waals surface area contributed by atoms with Crippen molar-refractivity contribution in [3.63, 3.8) is 0 Å². The minimum absolute atomic E-state index is 0.428. The first kappa shape index (κ1) is 9.32. The predicted molar refractivity (Wildman–Crippen MR) is 57.0 cm³/mol. The van der Waals surface area contributed by atoms with E-state index in [4.69, 9.17) is 5.73 Å². The van der Waals surface area contributed by atoms with Crippen LogP contribution in [0.4, 0.5) is 11.8 Å². The quantitative estimate of drug-likeness (QED) is 0.739. The summed E-state index contributed by atoms with van der Waals surface area (Å²) < 4.78 is 0. The number of hydrogen-bond donors (Lipinski definition) is 2. The molecule has 2 aromatic rings. The lowest BCUT2D eigenvalue weighted by atomic mass is 10.2. The van der Waals surface area contributed by atoms with Gasteiger partial charge in [-0.15, -0.1) is 0 Å². The van der Waals surface area contributed by atoms with E-state index in [1.807, 2.05) is 0 Å². The molecular weight excluding hydrogens is 192 g/mol. The Balaban J connectivity index is 2.37. The smallest absolute Gasteiger partial charge is 0.222 e. The number of rotatable bonds is 2. The number of nitrogens with one attached hydrogen (secondary N) is 1. The Morgan fingerprint density at radius 2 is 1.87 bits per heavy atom. The van der Waals surface area contributed by atoms with Gasteiger partial charge >= 0.3 is 0 Å². The van der Waals surface area contributed by atoms with Crippen molar-refractivity contribution in [1.29, 1.82) is 0 Å². The number of nitrogen functional groups attached to an aromatic ring is 1. The highest BCUT2D eigenvalue weighted by Gasteiger charge is 2.01. The van der Waals surface area contributed by atoms with Crippen LogP contribution in [0.25, 0.3) is 11.3 Å². The van der Waals surface area contributed by atoms with Gasteiger partial charge in [-0.05, 0) is 0 Å². The second-order valence-corrected chi connectivity index (χ2v) is 2.87. The van der Waals surface area contributed by atoms with Gasteiger partial charge in [0.15, 0.2) is 0 Å². The molecule has 0 bridgehead atoms. The normalized spacial score (nSPS) is 9.93. The van der Waals surface area contributed by atoms with Gasteiger partial charge in [-0.3, -0.25) is 0 Å². The van der Waals surface area contributed by atoms with Gasteiger partial charge in [0, 0.05) is 31.1 Å². The highest BCUT2D eigenvalue weighted by atomic mass is 15.1. The zero-order valence-electron chi connectivity index (χ0n) is 8.18. The Hall–Kier alpha value is -2.24. The van der Waals surface area contributed by atoms with Gasteiger partial charge in [0.25, 0.3) is 0 Å². The zero-order valence-corrected chi connectivity index (χ0v) is 8.18. The molecule has 76 valence electrons. The van der Waals surface area contributed by atoms with Crippen molar-refractivity contribution in [2.75, 3.05) is 18.1 Å². The van der Waals surface area contributed by atoms with E-state index in [0.29, 0.717) is 17.5 Å². The second kappa shape index (κ2) is 3.87. The van der Waals surface area contributed by atoms with Crippen molar-refractivity contribution in [2.24, 2.45) is 0 Å². The predicted octanol–water partition coefficient (Wildman–Crippen LogP) is 0.558. The van der Waals surface area contributed by atoms with Crippen LogP contribution < -0.4 is 11.1 Å². The molecule has 0 aliphatic rings. The molecule has 0 radical (unpaired) electrons. The molecular formula is C9H10N6. The summed E-state index contributed by atoms with van der Waals surface area (Å²) >= 11 is 0. The van der Waals surface area contributed by atoms with E-state index < -0.39 is 0 Å². The highest BCUT2D eigenvalue weighted by molar-refractivity contribution is 5.59. The van der Waals surface area contributed by atoms with Crippen LogP contribution in [0, 0.1) is 0 Å². The maximum Gasteiger partial charge on any atom is 0.222 e. The van der Waals surface area contributed by atoms with Crippen LogP contribution in [-0.2, 0) is 0 Å². The minimum Gasteiger partial charge on any atom is -0.384 e. The van der Waals surface area contributed by atoms with Crippen LogP contribution in [0.5, 0.6) is 0 Å². The monoisotopic (exact) mass is 202 g/mol. The Morgan fingerprint density at radius 1 is 1.13 bits per heavy atom. The lowest BCUT2D eigenvalue weighted by Gasteiger charge is -2.01. The molecule has 15 heavy (non-hydrogen) atoms. The molecule has 0 unspecified atom stereocenters. The van der Waals surface area contributed by atoms with Gasteiger partial charge in [-0.1, -0.05) is 0 Å². The van der Waals surface area contributed by atoms with Crippen LogP contribution in [0.3, 0.4) is 0 Å². The SMILES string of the molecule is CNc1ncc(-c2cc(N)ncn2)cn1.